The predicted octanol–water partition coefficient (Wildman–Crippen LogP) is 0.00350. The molecule has 0 unspecified atom stereocenters. The minimum Gasteiger partial charge on any atom is -0.481 e. The normalized spacial score (nSPS) is 15.1. The van der Waals surface area contributed by atoms with Crippen LogP contribution in [0.25, 0.3) is 0 Å². The molecule has 5 heteroatoms. The molecule has 0 amide bonds. The molecule has 2 rings (SSSR count). The van der Waals surface area contributed by atoms with Gasteiger partial charge in [-0.1, -0.05) is 0 Å². The molecule has 1 aromatic rings. The van der Waals surface area contributed by atoms with Crippen LogP contribution in [-0.4, -0.2) is 27.2 Å². The number of nitrogens with zero attached hydrogens (tertiary/aromatic N) is 2. The fourth-order valence-corrected chi connectivity index (χ4v) is 1.69. The van der Waals surface area contributed by atoms with Gasteiger partial charge in [0.05, 0.1) is 13.0 Å². The molecule has 5 nitrogen and oxygen atoms in total. The molecule has 0 fully saturated rings. The summed E-state index contributed by atoms with van der Waals surface area (Å²) in [6.07, 6.45) is 2.53. The van der Waals surface area contributed by atoms with Crippen molar-refractivity contribution in [3.63, 3.8) is 0 Å². The van der Waals surface area contributed by atoms with Crippen molar-refractivity contribution >= 4 is 5.97 Å². The Kier molecular flexibility index (Phi) is 2.49. The number of aliphatic carboxylic acids is 1. The van der Waals surface area contributed by atoms with Crippen molar-refractivity contribution < 1.29 is 9.90 Å². The standard InChI is InChI=1S/C9H13N3O2/c13-9(14)2-1-7-5-11-8-6-10-3-4-12(7)8/h5,10H,1-4,6H2,(H,13,14). The highest BCUT2D eigenvalue weighted by molar-refractivity contribution is 5.66. The number of aromatic nitrogens is 2. The maximum absolute atomic E-state index is 10.4. The number of nitrogens with one attached hydrogen (secondary N) is 1. The van der Waals surface area contributed by atoms with E-state index in [4.69, 9.17) is 5.11 Å². The van der Waals surface area contributed by atoms with Gasteiger partial charge in [0.15, 0.2) is 0 Å². The maximum Gasteiger partial charge on any atom is 0.303 e. The molecular formula is C9H13N3O2. The maximum atomic E-state index is 10.4. The summed E-state index contributed by atoms with van der Waals surface area (Å²) in [4.78, 5) is 14.7. The first-order chi connectivity index (χ1) is 6.77. The Morgan fingerprint density at radius 2 is 2.57 bits per heavy atom. The van der Waals surface area contributed by atoms with Crippen molar-refractivity contribution in [3.8, 4) is 0 Å². The van der Waals surface area contributed by atoms with E-state index < -0.39 is 5.97 Å². The summed E-state index contributed by atoms with van der Waals surface area (Å²) in [5.41, 5.74) is 1.03. The summed E-state index contributed by atoms with van der Waals surface area (Å²) in [7, 11) is 0. The van der Waals surface area contributed by atoms with Crippen LogP contribution >= 0.6 is 0 Å². The number of imidazole rings is 1. The van der Waals surface area contributed by atoms with Crippen LogP contribution in [0.1, 0.15) is 17.9 Å². The Balaban J connectivity index is 2.10. The Morgan fingerprint density at radius 1 is 1.71 bits per heavy atom. The van der Waals surface area contributed by atoms with Gasteiger partial charge in [-0.3, -0.25) is 4.79 Å². The van der Waals surface area contributed by atoms with Gasteiger partial charge in [0, 0.05) is 25.0 Å². The summed E-state index contributed by atoms with van der Waals surface area (Å²) >= 11 is 0. The Bertz CT molecular complexity index is 346. The number of hydrogen-bond acceptors (Lipinski definition) is 3. The molecule has 0 aromatic carbocycles. The van der Waals surface area contributed by atoms with Crippen LogP contribution in [0.15, 0.2) is 6.20 Å². The minimum absolute atomic E-state index is 0.179. The predicted molar refractivity (Wildman–Crippen MR) is 49.9 cm³/mol. The number of rotatable bonds is 3. The highest BCUT2D eigenvalue weighted by atomic mass is 16.4. The van der Waals surface area contributed by atoms with E-state index in [1.165, 1.54) is 0 Å². The Labute approximate surface area is 81.8 Å². The second-order valence-electron chi connectivity index (χ2n) is 3.39. The van der Waals surface area contributed by atoms with Gasteiger partial charge in [-0.05, 0) is 6.42 Å². The quantitative estimate of drug-likeness (QED) is 0.712. The summed E-state index contributed by atoms with van der Waals surface area (Å²) < 4.78 is 2.11. The van der Waals surface area contributed by atoms with Crippen molar-refractivity contribution in [2.24, 2.45) is 0 Å². The monoisotopic (exact) mass is 195 g/mol. The molecule has 0 saturated heterocycles. The molecule has 1 aromatic heterocycles. The number of carboxylic acid groups (broad SMARTS) is 1. The second-order valence-corrected chi connectivity index (χ2v) is 3.39. The molecule has 76 valence electrons. The Morgan fingerprint density at radius 3 is 3.36 bits per heavy atom. The molecule has 1 aliphatic heterocycles. The molecule has 0 saturated carbocycles. The first kappa shape index (κ1) is 9.21. The van der Waals surface area contributed by atoms with Gasteiger partial charge in [-0.25, -0.2) is 4.98 Å². The fraction of sp³-hybridized carbons (Fsp3) is 0.556. The van der Waals surface area contributed by atoms with E-state index in [9.17, 15) is 4.79 Å². The number of hydrogen-bond donors (Lipinski definition) is 2. The second kappa shape index (κ2) is 3.79. The molecule has 0 bridgehead atoms. The number of aryl methyl sites for hydroxylation is 1. The summed E-state index contributed by atoms with van der Waals surface area (Å²) in [5.74, 6) is 0.256. The van der Waals surface area contributed by atoms with Crippen LogP contribution in [0.5, 0.6) is 0 Å². The lowest BCUT2D eigenvalue weighted by molar-refractivity contribution is -0.136. The fourth-order valence-electron chi connectivity index (χ4n) is 1.69. The number of carbonyl (C=O) groups is 1. The molecule has 0 aliphatic carbocycles. The third-order valence-corrected chi connectivity index (χ3v) is 2.41. The van der Waals surface area contributed by atoms with Crippen molar-refractivity contribution in [1.29, 1.82) is 0 Å². The SMILES string of the molecule is O=C(O)CCc1cnc2n1CCNC2. The van der Waals surface area contributed by atoms with E-state index in [1.807, 2.05) is 0 Å². The largest absolute Gasteiger partial charge is 0.481 e. The zero-order chi connectivity index (χ0) is 9.97. The smallest absolute Gasteiger partial charge is 0.303 e. The molecular weight excluding hydrogens is 182 g/mol. The lowest BCUT2D eigenvalue weighted by Crippen LogP contribution is -2.29. The first-order valence-corrected chi connectivity index (χ1v) is 4.73. The van der Waals surface area contributed by atoms with Crippen molar-refractivity contribution in [2.75, 3.05) is 6.54 Å². The van der Waals surface area contributed by atoms with Crippen LogP contribution in [0.2, 0.25) is 0 Å². The van der Waals surface area contributed by atoms with Gasteiger partial charge in [0.1, 0.15) is 5.82 Å². The van der Waals surface area contributed by atoms with Gasteiger partial charge in [0.2, 0.25) is 0 Å². The molecule has 0 atom stereocenters. The van der Waals surface area contributed by atoms with E-state index in [0.29, 0.717) is 6.42 Å². The minimum atomic E-state index is -0.755. The average Bonchev–Trinajstić information content (AvgIpc) is 2.58. The number of carboxylic acids is 1. The van der Waals surface area contributed by atoms with Gasteiger partial charge < -0.3 is 15.0 Å². The van der Waals surface area contributed by atoms with Crippen molar-refractivity contribution in [3.05, 3.63) is 17.7 Å². The first-order valence-electron chi connectivity index (χ1n) is 4.73. The van der Waals surface area contributed by atoms with E-state index >= 15 is 0 Å². The molecule has 0 spiro atoms. The van der Waals surface area contributed by atoms with Gasteiger partial charge in [-0.15, -0.1) is 0 Å². The van der Waals surface area contributed by atoms with E-state index in [2.05, 4.69) is 14.9 Å². The third-order valence-electron chi connectivity index (χ3n) is 2.41. The van der Waals surface area contributed by atoms with Gasteiger partial charge in [-0.2, -0.15) is 0 Å². The third kappa shape index (κ3) is 1.77. The highest BCUT2D eigenvalue weighted by Crippen LogP contribution is 2.10. The van der Waals surface area contributed by atoms with Crippen LogP contribution in [0, 0.1) is 0 Å². The van der Waals surface area contributed by atoms with Crippen molar-refractivity contribution in [2.45, 2.75) is 25.9 Å². The topological polar surface area (TPSA) is 67.1 Å². The zero-order valence-corrected chi connectivity index (χ0v) is 7.86. The van der Waals surface area contributed by atoms with Crippen LogP contribution < -0.4 is 5.32 Å². The molecule has 2 N–H and O–H groups in total. The molecule has 14 heavy (non-hydrogen) atoms. The average molecular weight is 195 g/mol. The highest BCUT2D eigenvalue weighted by Gasteiger charge is 2.13. The molecule has 1 aliphatic rings. The van der Waals surface area contributed by atoms with E-state index in [1.54, 1.807) is 6.20 Å². The molecule has 0 radical (unpaired) electrons. The van der Waals surface area contributed by atoms with Crippen molar-refractivity contribution in [1.82, 2.24) is 14.9 Å². The number of fused-ring (bicyclic) bond motifs is 1. The van der Waals surface area contributed by atoms with Crippen LogP contribution in [0.4, 0.5) is 0 Å². The zero-order valence-electron chi connectivity index (χ0n) is 7.86. The lowest BCUT2D eigenvalue weighted by atomic mass is 10.2. The summed E-state index contributed by atoms with van der Waals surface area (Å²) in [6.45, 7) is 2.61. The Hall–Kier alpha value is -1.36. The van der Waals surface area contributed by atoms with Crippen LogP contribution in [0.3, 0.4) is 0 Å². The summed E-state index contributed by atoms with van der Waals surface area (Å²) in [5, 5.41) is 11.8. The summed E-state index contributed by atoms with van der Waals surface area (Å²) in [6, 6.07) is 0. The van der Waals surface area contributed by atoms with E-state index in [0.717, 1.165) is 31.2 Å². The van der Waals surface area contributed by atoms with Gasteiger partial charge >= 0.3 is 5.97 Å². The van der Waals surface area contributed by atoms with E-state index in [-0.39, 0.29) is 6.42 Å². The van der Waals surface area contributed by atoms with Gasteiger partial charge in [0.25, 0.3) is 0 Å². The van der Waals surface area contributed by atoms with Crippen LogP contribution in [-0.2, 0) is 24.3 Å². The molecule has 2 heterocycles. The lowest BCUT2D eigenvalue weighted by Gasteiger charge is -2.17.